The molecule has 0 saturated heterocycles. The maximum atomic E-state index is 12.4. The summed E-state index contributed by atoms with van der Waals surface area (Å²) in [6, 6.07) is 0.155. The van der Waals surface area contributed by atoms with Crippen LogP contribution in [0.4, 0.5) is 0 Å². The van der Waals surface area contributed by atoms with Gasteiger partial charge in [-0.2, -0.15) is 22.0 Å². The average Bonchev–Trinajstić information content (AvgIpc) is 3.32. The van der Waals surface area contributed by atoms with Gasteiger partial charge in [-0.1, -0.05) is 0 Å². The molecule has 2 aromatic rings. The highest BCUT2D eigenvalue weighted by molar-refractivity contribution is 7.99. The number of nitrogens with one attached hydrogen (secondary N) is 2. The van der Waals surface area contributed by atoms with Crippen molar-refractivity contribution in [3.8, 4) is 0 Å². The van der Waals surface area contributed by atoms with Crippen LogP contribution in [0.1, 0.15) is 73.1 Å². The molecule has 2 unspecified atom stereocenters. The first-order chi connectivity index (χ1) is 15.0. The highest BCUT2D eigenvalue weighted by Gasteiger charge is 2.25. The molecule has 2 N–H and O–H groups in total. The molecule has 0 saturated carbocycles. The first-order valence-corrected chi connectivity index (χ1v) is 12.4. The van der Waals surface area contributed by atoms with Crippen molar-refractivity contribution in [1.82, 2.24) is 30.2 Å². The van der Waals surface area contributed by atoms with Crippen molar-refractivity contribution in [2.24, 2.45) is 14.1 Å². The number of carbonyl (C=O) groups excluding carboxylic acids is 2. The molecule has 2 heterocycles. The summed E-state index contributed by atoms with van der Waals surface area (Å²) in [7, 11) is 3.92. The number of aromatic nitrogens is 4. The fourth-order valence-corrected chi connectivity index (χ4v) is 5.54. The van der Waals surface area contributed by atoms with E-state index in [1.807, 2.05) is 35.9 Å². The summed E-state index contributed by atoms with van der Waals surface area (Å²) >= 11 is 1.66. The molecule has 168 valence electrons. The standard InChI is InChI=1S/C22H32N6O2S/c1-27-19-7-3-5-17(15(19)13-23-27)25-21(29)9-11-31-12-10-22(30)26-18-6-4-8-20-16(18)14-24-28(20)2/h13-14,17-18H,3-12H2,1-2H3,(H,25,29)(H,26,30). The number of fused-ring (bicyclic) bond motifs is 2. The summed E-state index contributed by atoms with van der Waals surface area (Å²) in [5.74, 6) is 1.60. The second-order valence-corrected chi connectivity index (χ2v) is 9.70. The zero-order valence-electron chi connectivity index (χ0n) is 18.4. The summed E-state index contributed by atoms with van der Waals surface area (Å²) in [4.78, 5) is 24.7. The van der Waals surface area contributed by atoms with Crippen LogP contribution in [0.3, 0.4) is 0 Å². The lowest BCUT2D eigenvalue weighted by Gasteiger charge is -2.24. The molecular weight excluding hydrogens is 412 g/mol. The van der Waals surface area contributed by atoms with Crippen LogP contribution in [-0.2, 0) is 36.5 Å². The topological polar surface area (TPSA) is 93.8 Å². The smallest absolute Gasteiger partial charge is 0.221 e. The Bertz CT molecular complexity index is 862. The highest BCUT2D eigenvalue weighted by Crippen LogP contribution is 2.30. The Labute approximate surface area is 187 Å². The molecule has 9 heteroatoms. The van der Waals surface area contributed by atoms with Crippen LogP contribution in [-0.4, -0.2) is 42.9 Å². The number of hydrogen-bond donors (Lipinski definition) is 2. The van der Waals surface area contributed by atoms with Gasteiger partial charge in [0.25, 0.3) is 0 Å². The lowest BCUT2D eigenvalue weighted by Crippen LogP contribution is -2.31. The van der Waals surface area contributed by atoms with E-state index >= 15 is 0 Å². The van der Waals surface area contributed by atoms with E-state index in [0.717, 1.165) is 61.2 Å². The van der Waals surface area contributed by atoms with Crippen LogP contribution in [0.5, 0.6) is 0 Å². The molecule has 2 aliphatic carbocycles. The van der Waals surface area contributed by atoms with E-state index in [0.29, 0.717) is 12.8 Å². The van der Waals surface area contributed by atoms with E-state index in [-0.39, 0.29) is 23.9 Å². The van der Waals surface area contributed by atoms with Gasteiger partial charge in [0.2, 0.25) is 11.8 Å². The van der Waals surface area contributed by atoms with Gasteiger partial charge in [-0.15, -0.1) is 0 Å². The van der Waals surface area contributed by atoms with E-state index < -0.39 is 0 Å². The molecule has 4 rings (SSSR count). The van der Waals surface area contributed by atoms with Gasteiger partial charge in [0.15, 0.2) is 0 Å². The lowest BCUT2D eigenvalue weighted by molar-refractivity contribution is -0.122. The van der Waals surface area contributed by atoms with Gasteiger partial charge in [-0.25, -0.2) is 0 Å². The van der Waals surface area contributed by atoms with Crippen molar-refractivity contribution >= 4 is 23.6 Å². The first-order valence-electron chi connectivity index (χ1n) is 11.2. The van der Waals surface area contributed by atoms with E-state index in [4.69, 9.17) is 0 Å². The predicted octanol–water partition coefficient (Wildman–Crippen LogP) is 2.35. The Kier molecular flexibility index (Phi) is 6.99. The molecule has 0 spiro atoms. The Morgan fingerprint density at radius 1 is 0.903 bits per heavy atom. The molecule has 0 aliphatic heterocycles. The van der Waals surface area contributed by atoms with Gasteiger partial charge >= 0.3 is 0 Å². The van der Waals surface area contributed by atoms with Gasteiger partial charge in [-0.05, 0) is 38.5 Å². The van der Waals surface area contributed by atoms with Crippen LogP contribution in [0, 0.1) is 0 Å². The minimum atomic E-state index is 0.0740. The number of aryl methyl sites for hydroxylation is 2. The third kappa shape index (κ3) is 5.14. The Hall–Kier alpha value is -2.29. The fraction of sp³-hybridized carbons (Fsp3) is 0.636. The summed E-state index contributed by atoms with van der Waals surface area (Å²) in [5.41, 5.74) is 4.78. The maximum absolute atomic E-state index is 12.4. The van der Waals surface area contributed by atoms with E-state index in [1.54, 1.807) is 11.8 Å². The zero-order chi connectivity index (χ0) is 21.8. The third-order valence-corrected chi connectivity index (χ3v) is 7.35. The van der Waals surface area contributed by atoms with Crippen molar-refractivity contribution in [2.45, 2.75) is 63.5 Å². The van der Waals surface area contributed by atoms with Gasteiger partial charge in [0.05, 0.1) is 24.5 Å². The van der Waals surface area contributed by atoms with Crippen LogP contribution in [0.15, 0.2) is 12.4 Å². The maximum Gasteiger partial charge on any atom is 0.221 e. The third-order valence-electron chi connectivity index (χ3n) is 6.37. The molecule has 31 heavy (non-hydrogen) atoms. The normalized spacial score (nSPS) is 20.1. The molecule has 0 fully saturated rings. The van der Waals surface area contributed by atoms with Crippen LogP contribution >= 0.6 is 11.8 Å². The number of hydrogen-bond acceptors (Lipinski definition) is 5. The summed E-state index contributed by atoms with van der Waals surface area (Å²) in [5, 5.41) is 15.0. The summed E-state index contributed by atoms with van der Waals surface area (Å²) in [6.07, 6.45) is 10.8. The Morgan fingerprint density at radius 3 is 1.81 bits per heavy atom. The summed E-state index contributed by atoms with van der Waals surface area (Å²) < 4.78 is 3.83. The molecule has 2 atom stereocenters. The van der Waals surface area contributed by atoms with Crippen LogP contribution < -0.4 is 10.6 Å². The Morgan fingerprint density at radius 2 is 1.35 bits per heavy atom. The van der Waals surface area contributed by atoms with Gasteiger partial charge < -0.3 is 10.6 Å². The van der Waals surface area contributed by atoms with Crippen LogP contribution in [0.2, 0.25) is 0 Å². The fourth-order valence-electron chi connectivity index (χ4n) is 4.68. The molecule has 0 bridgehead atoms. The van der Waals surface area contributed by atoms with Crippen molar-refractivity contribution in [2.75, 3.05) is 11.5 Å². The molecule has 0 aromatic carbocycles. The van der Waals surface area contributed by atoms with Crippen molar-refractivity contribution in [3.63, 3.8) is 0 Å². The number of amides is 2. The molecule has 8 nitrogen and oxygen atoms in total. The van der Waals surface area contributed by atoms with Gasteiger partial charge in [-0.3, -0.25) is 19.0 Å². The largest absolute Gasteiger partial charge is 0.349 e. The molecular formula is C22H32N6O2S. The van der Waals surface area contributed by atoms with Gasteiger partial charge in [0, 0.05) is 61.0 Å². The van der Waals surface area contributed by atoms with Gasteiger partial charge in [0.1, 0.15) is 0 Å². The molecule has 0 radical (unpaired) electrons. The van der Waals surface area contributed by atoms with E-state index in [2.05, 4.69) is 20.8 Å². The number of nitrogens with zero attached hydrogens (tertiary/aromatic N) is 4. The van der Waals surface area contributed by atoms with Crippen molar-refractivity contribution in [3.05, 3.63) is 34.9 Å². The number of thioether (sulfide) groups is 1. The van der Waals surface area contributed by atoms with Crippen molar-refractivity contribution < 1.29 is 9.59 Å². The zero-order valence-corrected chi connectivity index (χ0v) is 19.2. The van der Waals surface area contributed by atoms with Crippen LogP contribution in [0.25, 0.3) is 0 Å². The minimum absolute atomic E-state index is 0.0740. The molecule has 2 aliphatic rings. The Balaban J connectivity index is 1.13. The average molecular weight is 445 g/mol. The SMILES string of the molecule is Cn1ncc2c1CCCC2NC(=O)CCSCCC(=O)NC1CCCc2c1cnn2C. The summed E-state index contributed by atoms with van der Waals surface area (Å²) in [6.45, 7) is 0. The lowest BCUT2D eigenvalue weighted by atomic mass is 9.93. The second-order valence-electron chi connectivity index (χ2n) is 8.48. The monoisotopic (exact) mass is 444 g/mol. The molecule has 2 aromatic heterocycles. The molecule has 2 amide bonds. The first kappa shape index (κ1) is 21.9. The van der Waals surface area contributed by atoms with E-state index in [1.165, 1.54) is 11.4 Å². The minimum Gasteiger partial charge on any atom is -0.349 e. The second kappa shape index (κ2) is 9.89. The van der Waals surface area contributed by atoms with Crippen molar-refractivity contribution in [1.29, 1.82) is 0 Å². The highest BCUT2D eigenvalue weighted by atomic mass is 32.2. The number of rotatable bonds is 8. The number of carbonyl (C=O) groups is 2. The van der Waals surface area contributed by atoms with E-state index in [9.17, 15) is 9.59 Å². The predicted molar refractivity (Wildman–Crippen MR) is 121 cm³/mol. The quantitative estimate of drug-likeness (QED) is 0.610.